The topological polar surface area (TPSA) is 94.2 Å². The Hall–Kier alpha value is -2.94. The van der Waals surface area contributed by atoms with Crippen LogP contribution in [0, 0.1) is 11.3 Å². The second-order valence-corrected chi connectivity index (χ2v) is 10.8. The number of hydrogen-bond donors (Lipinski definition) is 1. The average Bonchev–Trinajstić information content (AvgIpc) is 2.83. The zero-order valence-electron chi connectivity index (χ0n) is 18.7. The molecule has 0 unspecified atom stereocenters. The van der Waals surface area contributed by atoms with Gasteiger partial charge in [-0.2, -0.15) is 0 Å². The predicted octanol–water partition coefficient (Wildman–Crippen LogP) is 3.67. The lowest BCUT2D eigenvalue weighted by Crippen LogP contribution is -2.43. The number of sulfonamides is 1. The van der Waals surface area contributed by atoms with E-state index in [0.717, 1.165) is 0 Å². The highest BCUT2D eigenvalue weighted by molar-refractivity contribution is 7.92. The summed E-state index contributed by atoms with van der Waals surface area (Å²) in [5, 5.41) is 0. The minimum atomic E-state index is -3.87. The van der Waals surface area contributed by atoms with Crippen LogP contribution in [0.25, 0.3) is 0 Å². The summed E-state index contributed by atoms with van der Waals surface area (Å²) in [4.78, 5) is 14.9. The van der Waals surface area contributed by atoms with Gasteiger partial charge in [0.2, 0.25) is 5.91 Å². The fourth-order valence-electron chi connectivity index (χ4n) is 3.66. The van der Waals surface area contributed by atoms with Crippen molar-refractivity contribution >= 4 is 27.3 Å². The van der Waals surface area contributed by atoms with Crippen molar-refractivity contribution < 1.29 is 27.4 Å². The van der Waals surface area contributed by atoms with Gasteiger partial charge >= 0.3 is 0 Å². The monoisotopic (exact) mass is 460 g/mol. The van der Waals surface area contributed by atoms with Crippen molar-refractivity contribution in [2.24, 2.45) is 11.3 Å². The molecular formula is C23H28N2O6S. The number of rotatable bonds is 5. The van der Waals surface area contributed by atoms with E-state index in [1.165, 1.54) is 12.1 Å². The second kappa shape index (κ2) is 8.20. The molecule has 0 saturated carbocycles. The summed E-state index contributed by atoms with van der Waals surface area (Å²) in [7, 11) is -3.87. The Kier molecular flexibility index (Phi) is 5.70. The quantitative estimate of drug-likeness (QED) is 0.732. The molecule has 172 valence electrons. The molecule has 0 radical (unpaired) electrons. The fraction of sp³-hybridized carbons (Fsp3) is 0.435. The van der Waals surface area contributed by atoms with E-state index in [9.17, 15) is 13.2 Å². The highest BCUT2D eigenvalue weighted by atomic mass is 32.2. The van der Waals surface area contributed by atoms with Crippen molar-refractivity contribution in [1.29, 1.82) is 0 Å². The van der Waals surface area contributed by atoms with Crippen molar-refractivity contribution in [1.82, 2.24) is 0 Å². The van der Waals surface area contributed by atoms with E-state index in [2.05, 4.69) is 4.72 Å². The summed E-state index contributed by atoms with van der Waals surface area (Å²) in [6.45, 7) is 9.32. The molecule has 32 heavy (non-hydrogen) atoms. The van der Waals surface area contributed by atoms with Crippen LogP contribution in [-0.4, -0.2) is 40.7 Å². The lowest BCUT2D eigenvalue weighted by atomic mass is 9.92. The normalized spacial score (nSPS) is 17.4. The fourth-order valence-corrected chi connectivity index (χ4v) is 4.73. The zero-order valence-corrected chi connectivity index (χ0v) is 19.5. The number of benzene rings is 2. The molecule has 0 atom stereocenters. The Morgan fingerprint density at radius 3 is 2.44 bits per heavy atom. The maximum atomic E-state index is 13.1. The van der Waals surface area contributed by atoms with Gasteiger partial charge in [0.05, 0.1) is 21.7 Å². The van der Waals surface area contributed by atoms with Gasteiger partial charge in [-0.15, -0.1) is 0 Å². The van der Waals surface area contributed by atoms with Crippen LogP contribution in [-0.2, 0) is 14.8 Å². The van der Waals surface area contributed by atoms with Gasteiger partial charge in [-0.05, 0) is 44.0 Å². The van der Waals surface area contributed by atoms with E-state index >= 15 is 0 Å². The van der Waals surface area contributed by atoms with Crippen LogP contribution in [0.2, 0.25) is 0 Å². The largest absolute Gasteiger partial charge is 0.490 e. The Labute approximate surface area is 188 Å². The third-order valence-electron chi connectivity index (χ3n) is 5.29. The van der Waals surface area contributed by atoms with Crippen LogP contribution in [0.4, 0.5) is 11.4 Å². The maximum absolute atomic E-state index is 13.1. The summed E-state index contributed by atoms with van der Waals surface area (Å²) < 4.78 is 45.4. The van der Waals surface area contributed by atoms with Crippen LogP contribution in [0.3, 0.4) is 0 Å². The van der Waals surface area contributed by atoms with Gasteiger partial charge in [0.1, 0.15) is 25.6 Å². The van der Waals surface area contributed by atoms with Gasteiger partial charge < -0.3 is 19.1 Å². The Balaban J connectivity index is 1.64. The molecule has 1 amide bonds. The van der Waals surface area contributed by atoms with Crippen LogP contribution in [0.1, 0.15) is 27.7 Å². The van der Waals surface area contributed by atoms with E-state index < -0.39 is 15.4 Å². The molecule has 2 heterocycles. The molecule has 0 fully saturated rings. The van der Waals surface area contributed by atoms with Crippen molar-refractivity contribution in [3.8, 4) is 17.2 Å². The molecule has 0 saturated heterocycles. The Morgan fingerprint density at radius 2 is 1.72 bits per heavy atom. The lowest BCUT2D eigenvalue weighted by molar-refractivity contribution is -0.127. The maximum Gasteiger partial charge on any atom is 0.262 e. The molecule has 9 heteroatoms. The predicted molar refractivity (Wildman–Crippen MR) is 121 cm³/mol. The first-order valence-corrected chi connectivity index (χ1v) is 12.1. The minimum absolute atomic E-state index is 0.0189. The zero-order chi connectivity index (χ0) is 23.1. The van der Waals surface area contributed by atoms with Crippen LogP contribution < -0.4 is 23.8 Å². The van der Waals surface area contributed by atoms with Crippen LogP contribution in [0.15, 0.2) is 41.3 Å². The Morgan fingerprint density at radius 1 is 1.00 bits per heavy atom. The highest BCUT2D eigenvalue weighted by Gasteiger charge is 2.38. The molecule has 2 aliphatic rings. The van der Waals surface area contributed by atoms with Crippen molar-refractivity contribution in [2.75, 3.05) is 36.0 Å². The molecule has 8 nitrogen and oxygen atoms in total. The van der Waals surface area contributed by atoms with Gasteiger partial charge in [-0.1, -0.05) is 13.8 Å². The van der Waals surface area contributed by atoms with Gasteiger partial charge in [0.15, 0.2) is 11.5 Å². The SMILES string of the molecule is CC(C)CN1C(=O)C(C)(C)COc2cc(NS(=O)(=O)c3ccc4c(c3)OCCO4)ccc21. The summed E-state index contributed by atoms with van der Waals surface area (Å²) in [6.07, 6.45) is 0. The summed E-state index contributed by atoms with van der Waals surface area (Å²) >= 11 is 0. The molecule has 4 rings (SSSR count). The number of ether oxygens (including phenoxy) is 3. The number of nitrogens with one attached hydrogen (secondary N) is 1. The summed E-state index contributed by atoms with van der Waals surface area (Å²) in [5.74, 6) is 1.62. The van der Waals surface area contributed by atoms with Gasteiger partial charge in [0.25, 0.3) is 10.0 Å². The van der Waals surface area contributed by atoms with Crippen LogP contribution >= 0.6 is 0 Å². The highest BCUT2D eigenvalue weighted by Crippen LogP contribution is 2.39. The van der Waals surface area contributed by atoms with E-state index in [-0.39, 0.29) is 23.3 Å². The Bertz CT molecular complexity index is 1140. The molecule has 0 aliphatic carbocycles. The van der Waals surface area contributed by atoms with E-state index in [1.54, 1.807) is 29.2 Å². The third-order valence-corrected chi connectivity index (χ3v) is 6.67. The van der Waals surface area contributed by atoms with Crippen molar-refractivity contribution in [3.63, 3.8) is 0 Å². The molecule has 2 aromatic rings. The van der Waals surface area contributed by atoms with E-state index in [4.69, 9.17) is 14.2 Å². The molecule has 0 bridgehead atoms. The number of fused-ring (bicyclic) bond motifs is 2. The summed E-state index contributed by atoms with van der Waals surface area (Å²) in [6, 6.07) is 9.48. The second-order valence-electron chi connectivity index (χ2n) is 9.08. The first-order valence-electron chi connectivity index (χ1n) is 10.6. The minimum Gasteiger partial charge on any atom is -0.490 e. The van der Waals surface area contributed by atoms with Crippen LogP contribution in [0.5, 0.6) is 17.2 Å². The average molecular weight is 461 g/mol. The number of anilines is 2. The van der Waals surface area contributed by atoms with Gasteiger partial charge in [-0.3, -0.25) is 9.52 Å². The standard InChI is InChI=1S/C23H28N2O6S/c1-15(2)13-25-18-7-5-16(11-20(18)31-14-23(3,4)22(25)26)24-32(27,28)17-6-8-19-21(12-17)30-10-9-29-19/h5-8,11-12,15,24H,9-10,13-14H2,1-4H3. The third kappa shape index (κ3) is 4.34. The molecule has 0 aromatic heterocycles. The lowest BCUT2D eigenvalue weighted by Gasteiger charge is -2.29. The summed E-state index contributed by atoms with van der Waals surface area (Å²) in [5.41, 5.74) is 0.283. The van der Waals surface area contributed by atoms with E-state index in [0.29, 0.717) is 48.4 Å². The molecule has 1 N–H and O–H groups in total. The van der Waals surface area contributed by atoms with Gasteiger partial charge in [0, 0.05) is 18.7 Å². The van der Waals surface area contributed by atoms with Crippen molar-refractivity contribution in [3.05, 3.63) is 36.4 Å². The molecule has 0 spiro atoms. The van der Waals surface area contributed by atoms with E-state index in [1.807, 2.05) is 27.7 Å². The number of hydrogen-bond acceptors (Lipinski definition) is 6. The van der Waals surface area contributed by atoms with Crippen molar-refractivity contribution in [2.45, 2.75) is 32.6 Å². The van der Waals surface area contributed by atoms with Gasteiger partial charge in [-0.25, -0.2) is 8.42 Å². The molecular weight excluding hydrogens is 432 g/mol. The number of carbonyl (C=O) groups is 1. The first kappa shape index (κ1) is 22.3. The number of nitrogens with zero attached hydrogens (tertiary/aromatic N) is 1. The smallest absolute Gasteiger partial charge is 0.262 e. The first-order chi connectivity index (χ1) is 15.1. The number of amides is 1. The molecule has 2 aromatic carbocycles. The number of carbonyl (C=O) groups excluding carboxylic acids is 1. The molecule has 2 aliphatic heterocycles.